The lowest BCUT2D eigenvalue weighted by Gasteiger charge is -2.35. The van der Waals surface area contributed by atoms with Gasteiger partial charge in [-0.15, -0.1) is 0 Å². The topological polar surface area (TPSA) is 77.0 Å². The van der Waals surface area contributed by atoms with Gasteiger partial charge in [0.1, 0.15) is 11.6 Å². The zero-order valence-corrected chi connectivity index (χ0v) is 19.7. The van der Waals surface area contributed by atoms with E-state index in [0.29, 0.717) is 30.3 Å². The average molecular weight is 441 g/mol. The van der Waals surface area contributed by atoms with Gasteiger partial charge in [-0.2, -0.15) is 0 Å². The quantitative estimate of drug-likeness (QED) is 0.612. The summed E-state index contributed by atoms with van der Waals surface area (Å²) in [6.07, 6.45) is 3.35. The smallest absolute Gasteiger partial charge is 0.246 e. The van der Waals surface area contributed by atoms with Crippen LogP contribution in [0.15, 0.2) is 24.3 Å². The number of nitrogens with zero attached hydrogens (tertiary/aromatic N) is 4. The van der Waals surface area contributed by atoms with Crippen molar-refractivity contribution in [2.24, 2.45) is 0 Å². The maximum atomic E-state index is 12.8. The molecule has 8 heteroatoms. The van der Waals surface area contributed by atoms with Crippen LogP contribution in [-0.4, -0.2) is 68.3 Å². The van der Waals surface area contributed by atoms with Crippen molar-refractivity contribution in [2.45, 2.75) is 26.7 Å². The summed E-state index contributed by atoms with van der Waals surface area (Å²) in [5.74, 6) is 3.65. The van der Waals surface area contributed by atoms with E-state index in [-0.39, 0.29) is 11.8 Å². The number of rotatable bonds is 7. The first-order valence-electron chi connectivity index (χ1n) is 10.7. The molecule has 0 saturated carbocycles. The van der Waals surface area contributed by atoms with Crippen molar-refractivity contribution in [1.29, 1.82) is 0 Å². The molecule has 0 N–H and O–H groups in total. The van der Waals surface area contributed by atoms with Gasteiger partial charge in [0.05, 0.1) is 21.3 Å². The van der Waals surface area contributed by atoms with Crippen molar-refractivity contribution in [3.63, 3.8) is 0 Å². The molecule has 0 aliphatic carbocycles. The molecule has 0 radical (unpaired) electrons. The summed E-state index contributed by atoms with van der Waals surface area (Å²) in [5, 5.41) is 0. The summed E-state index contributed by atoms with van der Waals surface area (Å²) in [7, 11) is 4.70. The SMILES string of the molecule is COc1cc(/C=C/C(=O)N2CCN(c3cc(C)nc(C(C)C)n3)CC2)cc(OC)c1OC. The Morgan fingerprint density at radius 3 is 2.12 bits per heavy atom. The molecule has 0 spiro atoms. The Kier molecular flexibility index (Phi) is 7.56. The second-order valence-corrected chi connectivity index (χ2v) is 7.98. The monoisotopic (exact) mass is 440 g/mol. The molecule has 1 amide bonds. The molecule has 1 aliphatic rings. The number of carbonyl (C=O) groups is 1. The summed E-state index contributed by atoms with van der Waals surface area (Å²) in [6, 6.07) is 5.63. The van der Waals surface area contributed by atoms with Crippen LogP contribution in [0.2, 0.25) is 0 Å². The Morgan fingerprint density at radius 2 is 1.59 bits per heavy atom. The normalized spacial score (nSPS) is 14.2. The van der Waals surface area contributed by atoms with Gasteiger partial charge in [-0.1, -0.05) is 13.8 Å². The maximum Gasteiger partial charge on any atom is 0.246 e. The van der Waals surface area contributed by atoms with Crippen LogP contribution in [-0.2, 0) is 4.79 Å². The lowest BCUT2D eigenvalue weighted by atomic mass is 10.1. The fourth-order valence-corrected chi connectivity index (χ4v) is 3.62. The number of hydrogen-bond acceptors (Lipinski definition) is 7. The number of hydrogen-bond donors (Lipinski definition) is 0. The highest BCUT2D eigenvalue weighted by Crippen LogP contribution is 2.38. The molecule has 2 aromatic rings. The highest BCUT2D eigenvalue weighted by atomic mass is 16.5. The number of ether oxygens (including phenoxy) is 3. The third kappa shape index (κ3) is 5.30. The van der Waals surface area contributed by atoms with Crippen LogP contribution < -0.4 is 19.1 Å². The Hall–Kier alpha value is -3.29. The molecular formula is C24H32N4O4. The van der Waals surface area contributed by atoms with Gasteiger partial charge >= 0.3 is 0 Å². The maximum absolute atomic E-state index is 12.8. The molecule has 32 heavy (non-hydrogen) atoms. The van der Waals surface area contributed by atoms with Gasteiger partial charge in [0.15, 0.2) is 11.5 Å². The molecule has 1 aromatic carbocycles. The van der Waals surface area contributed by atoms with Crippen LogP contribution in [0.5, 0.6) is 17.2 Å². The van der Waals surface area contributed by atoms with Crippen LogP contribution in [0, 0.1) is 6.92 Å². The number of amides is 1. The third-order valence-corrected chi connectivity index (χ3v) is 5.40. The van der Waals surface area contributed by atoms with Crippen LogP contribution in [0.4, 0.5) is 5.82 Å². The van der Waals surface area contributed by atoms with Gasteiger partial charge in [0, 0.05) is 49.9 Å². The fourth-order valence-electron chi connectivity index (χ4n) is 3.62. The number of piperazine rings is 1. The second-order valence-electron chi connectivity index (χ2n) is 7.98. The Labute approximate surface area is 189 Å². The molecule has 1 aromatic heterocycles. The van der Waals surface area contributed by atoms with Gasteiger partial charge in [0.25, 0.3) is 0 Å². The molecule has 1 aliphatic heterocycles. The van der Waals surface area contributed by atoms with Crippen molar-refractivity contribution in [3.8, 4) is 17.2 Å². The first-order valence-corrected chi connectivity index (χ1v) is 10.7. The number of benzene rings is 1. The van der Waals surface area contributed by atoms with Gasteiger partial charge in [-0.25, -0.2) is 9.97 Å². The van der Waals surface area contributed by atoms with E-state index in [0.717, 1.165) is 36.0 Å². The predicted molar refractivity (Wildman–Crippen MR) is 125 cm³/mol. The van der Waals surface area contributed by atoms with Crippen LogP contribution >= 0.6 is 0 Å². The molecular weight excluding hydrogens is 408 g/mol. The predicted octanol–water partition coefficient (Wildman–Crippen LogP) is 3.30. The first kappa shape index (κ1) is 23.4. The molecule has 0 atom stereocenters. The van der Waals surface area contributed by atoms with E-state index in [1.807, 2.05) is 30.0 Å². The Bertz CT molecular complexity index is 957. The zero-order chi connectivity index (χ0) is 23.3. The third-order valence-electron chi connectivity index (χ3n) is 5.40. The van der Waals surface area contributed by atoms with Crippen LogP contribution in [0.3, 0.4) is 0 Å². The Balaban J connectivity index is 1.66. The van der Waals surface area contributed by atoms with Gasteiger partial charge in [0.2, 0.25) is 11.7 Å². The summed E-state index contributed by atoms with van der Waals surface area (Å²) in [4.78, 5) is 26.1. The standard InChI is InChI=1S/C24H32N4O4/c1-16(2)24-25-17(3)13-21(26-24)27-9-11-28(12-10-27)22(29)8-7-18-14-19(30-4)23(32-6)20(15-18)31-5/h7-8,13-16H,9-12H2,1-6H3/b8-7+. The van der Waals surface area contributed by atoms with Crippen molar-refractivity contribution < 1.29 is 19.0 Å². The van der Waals surface area contributed by atoms with E-state index in [9.17, 15) is 4.79 Å². The van der Waals surface area contributed by atoms with Crippen molar-refractivity contribution in [2.75, 3.05) is 52.4 Å². The molecule has 3 rings (SSSR count). The van der Waals surface area contributed by atoms with Crippen LogP contribution in [0.1, 0.15) is 36.8 Å². The minimum Gasteiger partial charge on any atom is -0.493 e. The largest absolute Gasteiger partial charge is 0.493 e. The summed E-state index contributed by atoms with van der Waals surface area (Å²) in [6.45, 7) is 8.92. The first-order chi connectivity index (χ1) is 15.4. The highest BCUT2D eigenvalue weighted by Gasteiger charge is 2.22. The van der Waals surface area contributed by atoms with Gasteiger partial charge in [-0.05, 0) is 30.7 Å². The molecule has 8 nitrogen and oxygen atoms in total. The number of aryl methyl sites for hydroxylation is 1. The van der Waals surface area contributed by atoms with Crippen molar-refractivity contribution in [1.82, 2.24) is 14.9 Å². The fraction of sp³-hybridized carbons (Fsp3) is 0.458. The second kappa shape index (κ2) is 10.3. The average Bonchev–Trinajstić information content (AvgIpc) is 2.81. The highest BCUT2D eigenvalue weighted by molar-refractivity contribution is 5.92. The van der Waals surface area contributed by atoms with E-state index in [2.05, 4.69) is 23.7 Å². The summed E-state index contributed by atoms with van der Waals surface area (Å²) in [5.41, 5.74) is 1.76. The van der Waals surface area contributed by atoms with Gasteiger partial charge < -0.3 is 24.0 Å². The van der Waals surface area contributed by atoms with E-state index in [1.54, 1.807) is 33.5 Å². The summed E-state index contributed by atoms with van der Waals surface area (Å²) < 4.78 is 16.1. The summed E-state index contributed by atoms with van der Waals surface area (Å²) >= 11 is 0. The number of aromatic nitrogens is 2. The number of methoxy groups -OCH3 is 3. The molecule has 1 saturated heterocycles. The van der Waals surface area contributed by atoms with E-state index in [4.69, 9.17) is 19.2 Å². The Morgan fingerprint density at radius 1 is 0.969 bits per heavy atom. The zero-order valence-electron chi connectivity index (χ0n) is 19.7. The lowest BCUT2D eigenvalue weighted by Crippen LogP contribution is -2.48. The molecule has 1 fully saturated rings. The minimum atomic E-state index is -0.0276. The number of anilines is 1. The molecule has 0 bridgehead atoms. The van der Waals surface area contributed by atoms with E-state index >= 15 is 0 Å². The number of carbonyl (C=O) groups excluding carboxylic acids is 1. The van der Waals surface area contributed by atoms with Crippen LogP contribution in [0.25, 0.3) is 6.08 Å². The molecule has 0 unspecified atom stereocenters. The lowest BCUT2D eigenvalue weighted by molar-refractivity contribution is -0.126. The van der Waals surface area contributed by atoms with Gasteiger partial charge in [-0.3, -0.25) is 4.79 Å². The minimum absolute atomic E-state index is 0.0276. The van der Waals surface area contributed by atoms with E-state index < -0.39 is 0 Å². The van der Waals surface area contributed by atoms with Crippen molar-refractivity contribution in [3.05, 3.63) is 41.4 Å². The molecule has 2 heterocycles. The van der Waals surface area contributed by atoms with Crippen molar-refractivity contribution >= 4 is 17.8 Å². The van der Waals surface area contributed by atoms with E-state index in [1.165, 1.54) is 0 Å². The molecule has 172 valence electrons.